The van der Waals surface area contributed by atoms with Gasteiger partial charge in [0.15, 0.2) is 6.10 Å². The first-order valence-electron chi connectivity index (χ1n) is 34.7. The Hall–Kier alpha value is -2.14. The minimum absolute atomic E-state index is 0.0598. The van der Waals surface area contributed by atoms with Gasteiger partial charge < -0.3 is 14.6 Å². The first kappa shape index (κ1) is 74.9. The Bertz CT molecular complexity index is 1270. The van der Waals surface area contributed by atoms with Gasteiger partial charge in [-0.25, -0.2) is 0 Å². The van der Waals surface area contributed by atoms with Gasteiger partial charge in [0.25, 0.3) is 0 Å². The maximum absolute atomic E-state index is 12.4. The lowest BCUT2D eigenvalue weighted by Gasteiger charge is -2.15. The minimum atomic E-state index is -0.771. The summed E-state index contributed by atoms with van der Waals surface area (Å²) in [7, 11) is 0. The number of unbranched alkanes of at least 4 members (excludes halogenated alkanes) is 49. The number of ether oxygens (including phenoxy) is 2. The zero-order valence-electron chi connectivity index (χ0n) is 52.0. The molecular formula is C72H134O5. The summed E-state index contributed by atoms with van der Waals surface area (Å²) in [6.45, 7) is 4.09. The highest BCUT2D eigenvalue weighted by atomic mass is 16.6. The number of hydrogen-bond acceptors (Lipinski definition) is 5. The number of hydrogen-bond donors (Lipinski definition) is 1. The summed E-state index contributed by atoms with van der Waals surface area (Å²) >= 11 is 0. The molecule has 0 fully saturated rings. The summed E-state index contributed by atoms with van der Waals surface area (Å²) in [5.74, 6) is -0.567. The van der Waals surface area contributed by atoms with Gasteiger partial charge in [-0.05, 0) is 51.4 Å². The van der Waals surface area contributed by atoms with Crippen LogP contribution in [0.5, 0.6) is 0 Å². The molecule has 0 saturated heterocycles. The number of allylic oxidation sites excluding steroid dienone is 8. The Labute approximate surface area is 481 Å². The van der Waals surface area contributed by atoms with E-state index in [1.165, 1.54) is 295 Å². The molecule has 0 heterocycles. The molecule has 1 atom stereocenters. The van der Waals surface area contributed by atoms with Gasteiger partial charge in [0, 0.05) is 12.8 Å². The van der Waals surface area contributed by atoms with Crippen molar-refractivity contribution in [1.82, 2.24) is 0 Å². The molecule has 5 heteroatoms. The summed E-state index contributed by atoms with van der Waals surface area (Å²) in [4.78, 5) is 24.6. The molecule has 1 N–H and O–H groups in total. The van der Waals surface area contributed by atoms with Crippen LogP contribution in [0.1, 0.15) is 380 Å². The standard InChI is InChI=1S/C72H134O5/c1-3-5-7-9-11-13-15-17-19-21-23-25-27-29-31-33-35-37-38-40-42-44-46-48-50-52-54-56-58-60-62-64-66-71(74)76-69-70(68-73)77-72(75)67-65-63-61-59-57-55-53-51-49-47-45-43-41-39-36-34-32-30-28-26-24-22-20-18-16-14-12-10-8-6-4-2/h6,8,12,14,18,20,24,26,70,73H,3-5,7,9-11,13,15-17,19,21-23,25,27-69H2,1-2H3/b8-6-,14-12-,20-18-,26-24-. The lowest BCUT2D eigenvalue weighted by Crippen LogP contribution is -2.28. The van der Waals surface area contributed by atoms with Gasteiger partial charge in [0.2, 0.25) is 0 Å². The van der Waals surface area contributed by atoms with Crippen molar-refractivity contribution >= 4 is 11.9 Å². The Balaban J connectivity index is 3.39. The van der Waals surface area contributed by atoms with E-state index in [1.807, 2.05) is 0 Å². The third-order valence-corrected chi connectivity index (χ3v) is 15.9. The largest absolute Gasteiger partial charge is 0.462 e. The Kier molecular flexibility index (Phi) is 66.2. The molecule has 0 rings (SSSR count). The molecule has 0 aromatic carbocycles. The second-order valence-corrected chi connectivity index (χ2v) is 23.6. The van der Waals surface area contributed by atoms with Crippen LogP contribution in [0.4, 0.5) is 0 Å². The molecule has 0 bridgehead atoms. The number of carbonyl (C=O) groups is 2. The van der Waals surface area contributed by atoms with Crippen LogP contribution in [0.25, 0.3) is 0 Å². The first-order valence-corrected chi connectivity index (χ1v) is 34.7. The maximum atomic E-state index is 12.4. The summed E-state index contributed by atoms with van der Waals surface area (Å²) in [6, 6.07) is 0. The molecule has 77 heavy (non-hydrogen) atoms. The van der Waals surface area contributed by atoms with E-state index in [9.17, 15) is 14.7 Å². The molecule has 1 unspecified atom stereocenters. The van der Waals surface area contributed by atoms with Crippen molar-refractivity contribution in [2.45, 2.75) is 386 Å². The van der Waals surface area contributed by atoms with Crippen molar-refractivity contribution < 1.29 is 24.2 Å². The molecule has 0 spiro atoms. The lowest BCUT2D eigenvalue weighted by molar-refractivity contribution is -0.161. The van der Waals surface area contributed by atoms with Gasteiger partial charge in [0.05, 0.1) is 6.61 Å². The summed E-state index contributed by atoms with van der Waals surface area (Å²) in [6.07, 6.45) is 91.5. The predicted octanol–water partition coefficient (Wildman–Crippen LogP) is 23.9. The Morgan fingerprint density at radius 1 is 0.312 bits per heavy atom. The van der Waals surface area contributed by atoms with Gasteiger partial charge in [-0.3, -0.25) is 9.59 Å². The number of aliphatic hydroxyl groups excluding tert-OH is 1. The molecule has 5 nitrogen and oxygen atoms in total. The van der Waals surface area contributed by atoms with E-state index in [0.29, 0.717) is 12.8 Å². The molecule has 0 amide bonds. The average Bonchev–Trinajstić information content (AvgIpc) is 3.43. The number of aliphatic hydroxyl groups is 1. The summed E-state index contributed by atoms with van der Waals surface area (Å²) in [5, 5.41) is 9.70. The van der Waals surface area contributed by atoms with Crippen molar-refractivity contribution in [2.75, 3.05) is 13.2 Å². The van der Waals surface area contributed by atoms with Crippen molar-refractivity contribution in [3.05, 3.63) is 48.6 Å². The molecule has 0 aliphatic carbocycles. The first-order chi connectivity index (χ1) is 38.1. The highest BCUT2D eigenvalue weighted by molar-refractivity contribution is 5.70. The van der Waals surface area contributed by atoms with Crippen molar-refractivity contribution in [3.8, 4) is 0 Å². The highest BCUT2D eigenvalue weighted by Crippen LogP contribution is 2.19. The van der Waals surface area contributed by atoms with E-state index in [-0.39, 0.29) is 25.2 Å². The van der Waals surface area contributed by atoms with E-state index in [1.54, 1.807) is 0 Å². The van der Waals surface area contributed by atoms with Crippen LogP contribution in [0.3, 0.4) is 0 Å². The van der Waals surface area contributed by atoms with E-state index < -0.39 is 6.10 Å². The molecule has 0 radical (unpaired) electrons. The zero-order valence-corrected chi connectivity index (χ0v) is 52.0. The van der Waals surface area contributed by atoms with Crippen LogP contribution in [0.15, 0.2) is 48.6 Å². The van der Waals surface area contributed by atoms with Crippen molar-refractivity contribution in [1.29, 1.82) is 0 Å². The molecule has 0 saturated carbocycles. The molecular weight excluding hydrogens is 945 g/mol. The molecule has 0 aliphatic heterocycles. The van der Waals surface area contributed by atoms with Gasteiger partial charge in [-0.15, -0.1) is 0 Å². The lowest BCUT2D eigenvalue weighted by atomic mass is 10.0. The predicted molar refractivity (Wildman–Crippen MR) is 339 cm³/mol. The van der Waals surface area contributed by atoms with Gasteiger partial charge in [-0.2, -0.15) is 0 Å². The average molecular weight is 1080 g/mol. The SMILES string of the molecule is CC/C=C\C/C=C\C/C=C\C/C=C\CCCCCCCCCCCCCCCCCCCCC(=O)OC(CO)COC(=O)CCCCCCCCCCCCCCCCCCCCCCCCCCCCCCCCCC. The van der Waals surface area contributed by atoms with Crippen LogP contribution in [-0.2, 0) is 19.1 Å². The zero-order chi connectivity index (χ0) is 55.5. The number of esters is 2. The topological polar surface area (TPSA) is 72.8 Å². The van der Waals surface area contributed by atoms with E-state index in [0.717, 1.165) is 57.8 Å². The van der Waals surface area contributed by atoms with Crippen molar-refractivity contribution in [3.63, 3.8) is 0 Å². The summed E-state index contributed by atoms with van der Waals surface area (Å²) in [5.41, 5.74) is 0. The van der Waals surface area contributed by atoms with E-state index in [4.69, 9.17) is 9.47 Å². The van der Waals surface area contributed by atoms with Gasteiger partial charge >= 0.3 is 11.9 Å². The smallest absolute Gasteiger partial charge is 0.306 e. The Morgan fingerprint density at radius 2 is 0.558 bits per heavy atom. The Morgan fingerprint density at radius 3 is 0.844 bits per heavy atom. The molecule has 0 aliphatic rings. The second-order valence-electron chi connectivity index (χ2n) is 23.6. The monoisotopic (exact) mass is 1080 g/mol. The normalized spacial score (nSPS) is 12.4. The summed E-state index contributed by atoms with van der Waals surface area (Å²) < 4.78 is 10.8. The minimum Gasteiger partial charge on any atom is -0.462 e. The van der Waals surface area contributed by atoms with E-state index in [2.05, 4.69) is 62.5 Å². The fourth-order valence-electron chi connectivity index (χ4n) is 10.7. The number of carbonyl (C=O) groups excluding carboxylic acids is 2. The third-order valence-electron chi connectivity index (χ3n) is 15.9. The quantitative estimate of drug-likeness (QED) is 0.0373. The maximum Gasteiger partial charge on any atom is 0.306 e. The molecule has 0 aromatic heterocycles. The van der Waals surface area contributed by atoms with Crippen LogP contribution in [-0.4, -0.2) is 36.4 Å². The van der Waals surface area contributed by atoms with Crippen LogP contribution in [0.2, 0.25) is 0 Å². The van der Waals surface area contributed by atoms with Crippen LogP contribution < -0.4 is 0 Å². The van der Waals surface area contributed by atoms with Crippen LogP contribution in [0, 0.1) is 0 Å². The van der Waals surface area contributed by atoms with E-state index >= 15 is 0 Å². The fourth-order valence-corrected chi connectivity index (χ4v) is 10.7. The second kappa shape index (κ2) is 68.1. The third kappa shape index (κ3) is 66.3. The van der Waals surface area contributed by atoms with Crippen molar-refractivity contribution in [2.24, 2.45) is 0 Å². The van der Waals surface area contributed by atoms with Gasteiger partial charge in [-0.1, -0.05) is 364 Å². The van der Waals surface area contributed by atoms with Crippen LogP contribution >= 0.6 is 0 Å². The number of rotatable bonds is 65. The molecule has 0 aromatic rings. The fraction of sp³-hybridized carbons (Fsp3) is 0.861. The molecule has 452 valence electrons. The van der Waals surface area contributed by atoms with Gasteiger partial charge in [0.1, 0.15) is 6.61 Å². The highest BCUT2D eigenvalue weighted by Gasteiger charge is 2.16.